The smallest absolute Gasteiger partial charge is 0.0646 e. The highest BCUT2D eigenvalue weighted by Gasteiger charge is 2.24. The van der Waals surface area contributed by atoms with Crippen LogP contribution in [0.2, 0.25) is 0 Å². The van der Waals surface area contributed by atoms with Crippen LogP contribution in [0.5, 0.6) is 0 Å². The predicted octanol–water partition coefficient (Wildman–Crippen LogP) is 16.3. The van der Waals surface area contributed by atoms with E-state index in [1.165, 1.54) is 95.8 Å². The number of fused-ring (bicyclic) bond motifs is 9. The van der Waals surface area contributed by atoms with Crippen LogP contribution in [0, 0.1) is 0 Å². The van der Waals surface area contributed by atoms with E-state index in [9.17, 15) is 0 Å². The Hall–Kier alpha value is -6.98. The summed E-state index contributed by atoms with van der Waals surface area (Å²) < 4.78 is 7.55. The minimum atomic E-state index is 1.12. The van der Waals surface area contributed by atoms with Crippen molar-refractivity contribution in [2.75, 3.05) is 4.90 Å². The summed E-state index contributed by atoms with van der Waals surface area (Å²) in [5.41, 5.74) is 11.9. The number of para-hydroxylation sites is 2. The molecule has 0 bridgehead atoms. The van der Waals surface area contributed by atoms with E-state index in [0.717, 1.165) is 11.4 Å². The lowest BCUT2D eigenvalue weighted by atomic mass is 9.96. The molecule has 12 aromatic rings. The molecule has 58 heavy (non-hydrogen) atoms. The van der Waals surface area contributed by atoms with E-state index in [0.29, 0.717) is 0 Å². The maximum atomic E-state index is 2.53. The molecule has 0 N–H and O–H groups in total. The van der Waals surface area contributed by atoms with Crippen molar-refractivity contribution in [3.05, 3.63) is 206 Å². The first-order valence-electron chi connectivity index (χ1n) is 19.7. The minimum Gasteiger partial charge on any atom is -0.309 e. The highest BCUT2D eigenvalue weighted by atomic mass is 32.1. The van der Waals surface area contributed by atoms with Crippen molar-refractivity contribution >= 4 is 102 Å². The number of nitrogens with zero attached hydrogens (tertiary/aromatic N) is 2. The average molecular weight is 775 g/mol. The van der Waals surface area contributed by atoms with Gasteiger partial charge in [-0.25, -0.2) is 0 Å². The molecule has 0 unspecified atom stereocenters. The molecular formula is C54H34N2S2. The summed E-state index contributed by atoms with van der Waals surface area (Å²) in [4.78, 5) is 2.53. The predicted molar refractivity (Wildman–Crippen MR) is 252 cm³/mol. The number of rotatable bonds is 6. The molecule has 0 saturated heterocycles. The fraction of sp³-hybridized carbons (Fsp3) is 0. The molecule has 0 spiro atoms. The summed E-state index contributed by atoms with van der Waals surface area (Å²) in [6, 6.07) is 75.7. The van der Waals surface area contributed by atoms with Gasteiger partial charge in [-0.2, -0.15) is 0 Å². The van der Waals surface area contributed by atoms with Crippen LogP contribution in [-0.2, 0) is 0 Å². The van der Waals surface area contributed by atoms with Crippen molar-refractivity contribution in [3.8, 4) is 27.9 Å². The largest absolute Gasteiger partial charge is 0.309 e. The van der Waals surface area contributed by atoms with Crippen LogP contribution < -0.4 is 4.90 Å². The van der Waals surface area contributed by atoms with Crippen molar-refractivity contribution in [2.24, 2.45) is 0 Å². The van der Waals surface area contributed by atoms with Crippen molar-refractivity contribution in [1.82, 2.24) is 4.57 Å². The molecule has 0 saturated carbocycles. The van der Waals surface area contributed by atoms with E-state index in [2.05, 4.69) is 216 Å². The van der Waals surface area contributed by atoms with Crippen LogP contribution in [0.4, 0.5) is 17.1 Å². The van der Waals surface area contributed by atoms with Crippen LogP contribution >= 0.6 is 22.7 Å². The summed E-state index contributed by atoms with van der Waals surface area (Å²) in [5.74, 6) is 0. The monoisotopic (exact) mass is 774 g/mol. The lowest BCUT2D eigenvalue weighted by Gasteiger charge is -2.28. The average Bonchev–Trinajstić information content (AvgIpc) is 3.97. The second-order valence-electron chi connectivity index (χ2n) is 14.9. The number of anilines is 3. The summed E-state index contributed by atoms with van der Waals surface area (Å²) in [6.07, 6.45) is 0. The Kier molecular flexibility index (Phi) is 7.62. The van der Waals surface area contributed by atoms with Crippen LogP contribution in [0.1, 0.15) is 0 Å². The number of benzene rings is 9. The van der Waals surface area contributed by atoms with Gasteiger partial charge in [-0.1, -0.05) is 133 Å². The lowest BCUT2D eigenvalue weighted by molar-refractivity contribution is 1.18. The molecule has 272 valence electrons. The van der Waals surface area contributed by atoms with Gasteiger partial charge < -0.3 is 9.47 Å². The molecule has 0 radical (unpaired) electrons. The van der Waals surface area contributed by atoms with Crippen LogP contribution in [0.25, 0.3) is 90.1 Å². The van der Waals surface area contributed by atoms with E-state index in [-0.39, 0.29) is 0 Å². The summed E-state index contributed by atoms with van der Waals surface area (Å²) in [6.45, 7) is 0. The van der Waals surface area contributed by atoms with Crippen LogP contribution in [-0.4, -0.2) is 4.57 Å². The molecule has 0 fully saturated rings. The SMILES string of the molecule is c1ccc(-c2ccc(N(c3cc(-c4cccc5c4c4ccccc4n5-c4ccccc4)cc4c3sc3ccccc34)c3cccc4sc5ccccc5c34)cc2)cc1. The zero-order valence-corrected chi connectivity index (χ0v) is 33.0. The minimum absolute atomic E-state index is 1.12. The molecule has 12 rings (SSSR count). The van der Waals surface area contributed by atoms with Gasteiger partial charge in [-0.3, -0.25) is 0 Å². The zero-order valence-electron chi connectivity index (χ0n) is 31.3. The van der Waals surface area contributed by atoms with Gasteiger partial charge in [0, 0.05) is 57.8 Å². The van der Waals surface area contributed by atoms with Gasteiger partial charge in [-0.15, -0.1) is 22.7 Å². The van der Waals surface area contributed by atoms with Gasteiger partial charge in [0.2, 0.25) is 0 Å². The van der Waals surface area contributed by atoms with Gasteiger partial charge >= 0.3 is 0 Å². The maximum absolute atomic E-state index is 2.53. The Bertz CT molecular complexity index is 3500. The first-order valence-corrected chi connectivity index (χ1v) is 21.3. The molecule has 2 nitrogen and oxygen atoms in total. The fourth-order valence-electron chi connectivity index (χ4n) is 9.03. The van der Waals surface area contributed by atoms with E-state index in [1.807, 2.05) is 22.7 Å². The number of aromatic nitrogens is 1. The Morgan fingerprint density at radius 1 is 0.362 bits per heavy atom. The number of hydrogen-bond donors (Lipinski definition) is 0. The van der Waals surface area contributed by atoms with E-state index < -0.39 is 0 Å². The van der Waals surface area contributed by atoms with Gasteiger partial charge in [0.25, 0.3) is 0 Å². The zero-order chi connectivity index (χ0) is 38.2. The van der Waals surface area contributed by atoms with E-state index in [4.69, 9.17) is 0 Å². The molecule has 9 aromatic carbocycles. The van der Waals surface area contributed by atoms with Crippen molar-refractivity contribution < 1.29 is 0 Å². The van der Waals surface area contributed by atoms with Gasteiger partial charge in [0.05, 0.1) is 27.1 Å². The summed E-state index contributed by atoms with van der Waals surface area (Å²) >= 11 is 3.75. The Labute approximate surface area is 343 Å². The maximum Gasteiger partial charge on any atom is 0.0646 e. The Morgan fingerprint density at radius 2 is 0.983 bits per heavy atom. The van der Waals surface area contributed by atoms with Crippen molar-refractivity contribution in [1.29, 1.82) is 0 Å². The van der Waals surface area contributed by atoms with Crippen molar-refractivity contribution in [3.63, 3.8) is 0 Å². The Morgan fingerprint density at radius 3 is 1.79 bits per heavy atom. The van der Waals surface area contributed by atoms with Gasteiger partial charge in [0.1, 0.15) is 0 Å². The first-order chi connectivity index (χ1) is 28.8. The molecule has 0 aliphatic heterocycles. The summed E-state index contributed by atoms with van der Waals surface area (Å²) in [7, 11) is 0. The Balaban J connectivity index is 1.18. The molecule has 0 amide bonds. The second-order valence-corrected chi connectivity index (χ2v) is 17.0. The van der Waals surface area contributed by atoms with Gasteiger partial charge in [0.15, 0.2) is 0 Å². The molecule has 3 aromatic heterocycles. The number of hydrogen-bond acceptors (Lipinski definition) is 3. The second kappa shape index (κ2) is 13.3. The highest BCUT2D eigenvalue weighted by Crippen LogP contribution is 2.51. The van der Waals surface area contributed by atoms with Crippen LogP contribution in [0.15, 0.2) is 206 Å². The highest BCUT2D eigenvalue weighted by molar-refractivity contribution is 7.26. The first kappa shape index (κ1) is 33.2. The van der Waals surface area contributed by atoms with Crippen molar-refractivity contribution in [2.45, 2.75) is 0 Å². The summed E-state index contributed by atoms with van der Waals surface area (Å²) in [5, 5.41) is 7.62. The lowest BCUT2D eigenvalue weighted by Crippen LogP contribution is -2.10. The third kappa shape index (κ3) is 5.16. The molecule has 4 heteroatoms. The van der Waals surface area contributed by atoms with E-state index in [1.54, 1.807) is 0 Å². The molecule has 0 aliphatic rings. The molecule has 0 atom stereocenters. The van der Waals surface area contributed by atoms with Crippen LogP contribution in [0.3, 0.4) is 0 Å². The fourth-order valence-corrected chi connectivity index (χ4v) is 11.3. The number of thiophene rings is 2. The molecule has 3 heterocycles. The molecule has 0 aliphatic carbocycles. The topological polar surface area (TPSA) is 8.17 Å². The van der Waals surface area contributed by atoms with Gasteiger partial charge in [-0.05, 0) is 95.1 Å². The third-order valence-corrected chi connectivity index (χ3v) is 13.9. The normalized spacial score (nSPS) is 11.8. The quantitative estimate of drug-likeness (QED) is 0.163. The standard InChI is InChI=1S/C54H34N2S2/c1-3-15-35(16-4-1)36-29-31-39(32-30-36)56(47-25-14-28-51-53(47)43-21-9-12-27-50(43)57-51)48-34-37(33-44-41-19-8-11-26-49(41)58-54(44)48)40-22-13-24-46-52(40)42-20-7-10-23-45(42)55(46)38-17-5-2-6-18-38/h1-34H. The molecular weight excluding hydrogens is 741 g/mol. The van der Waals surface area contributed by atoms with E-state index >= 15 is 0 Å². The third-order valence-electron chi connectivity index (χ3n) is 11.6.